The van der Waals surface area contributed by atoms with Crippen molar-refractivity contribution in [1.82, 2.24) is 19.9 Å². The van der Waals surface area contributed by atoms with E-state index < -0.39 is 20.2 Å². The number of fused-ring (bicyclic) bond motifs is 4. The van der Waals surface area contributed by atoms with Crippen LogP contribution in [0.5, 0.6) is 0 Å². The highest BCUT2D eigenvalue weighted by atomic mass is 32.2. The van der Waals surface area contributed by atoms with Gasteiger partial charge in [-0.15, -0.1) is 45.3 Å². The number of aryl methyl sites for hydroxylation is 4. The first-order valence-corrected chi connectivity index (χ1v) is 20.3. The lowest BCUT2D eigenvalue weighted by Crippen LogP contribution is -2.01. The maximum absolute atomic E-state index is 11.7. The molecule has 2 N–H and O–H groups in total. The van der Waals surface area contributed by atoms with Gasteiger partial charge in [-0.1, -0.05) is 24.3 Å². The van der Waals surface area contributed by atoms with Crippen LogP contribution in [0.15, 0.2) is 70.5 Å². The molecule has 0 aliphatic carbocycles. The SMILES string of the molecule is Cc1ccc(-c2nc3cc4nc(C)sc4cc3s2)c(S(=O)(=O)O)c1.Cc1ccc(-c2nc3cc4sc(C)nc4cc3s2)c(S(=O)(=O)O)c1. The van der Waals surface area contributed by atoms with Crippen molar-refractivity contribution in [2.75, 3.05) is 0 Å². The number of rotatable bonds is 4. The van der Waals surface area contributed by atoms with Crippen LogP contribution in [0.1, 0.15) is 21.1 Å². The second-order valence-electron chi connectivity index (χ2n) is 11.0. The summed E-state index contributed by atoms with van der Waals surface area (Å²) in [6.07, 6.45) is 0. The lowest BCUT2D eigenvalue weighted by atomic mass is 10.1. The third kappa shape index (κ3) is 6.37. The molecule has 0 bridgehead atoms. The Bertz CT molecular complexity index is 2500. The standard InChI is InChI=1S/2C16H12N2O3S3/c1-8-3-4-10(15(5-8)24(19,20)21)16-18-12-7-13-11(6-14(12)23-16)17-9(2)22-13;1-8-3-4-10(15(5-8)24(19,20)21)16-18-12-6-11-13(7-14(12)23-16)22-9(2)17-11/h2*3-7H,1-2H3,(H,19,20,21). The molecule has 0 aliphatic rings. The van der Waals surface area contributed by atoms with E-state index in [0.29, 0.717) is 21.1 Å². The van der Waals surface area contributed by atoms with Crippen molar-refractivity contribution in [2.45, 2.75) is 37.5 Å². The van der Waals surface area contributed by atoms with Crippen LogP contribution >= 0.6 is 45.3 Å². The van der Waals surface area contributed by atoms with Gasteiger partial charge in [0.1, 0.15) is 19.8 Å². The number of hydrogen-bond acceptors (Lipinski definition) is 12. The van der Waals surface area contributed by atoms with Gasteiger partial charge >= 0.3 is 0 Å². The molecule has 0 aliphatic heterocycles. The van der Waals surface area contributed by atoms with E-state index in [1.54, 1.807) is 60.8 Å². The Morgan fingerprint density at radius 1 is 0.479 bits per heavy atom. The summed E-state index contributed by atoms with van der Waals surface area (Å²) in [4.78, 5) is 17.8. The van der Waals surface area contributed by atoms with Gasteiger partial charge in [0, 0.05) is 11.1 Å². The van der Waals surface area contributed by atoms with Crippen LogP contribution in [-0.4, -0.2) is 45.9 Å². The van der Waals surface area contributed by atoms with Gasteiger partial charge in [0.15, 0.2) is 0 Å². The first-order chi connectivity index (χ1) is 22.6. The van der Waals surface area contributed by atoms with Crippen molar-refractivity contribution in [3.05, 3.63) is 81.8 Å². The van der Waals surface area contributed by atoms with E-state index in [2.05, 4.69) is 19.9 Å². The summed E-state index contributed by atoms with van der Waals surface area (Å²) in [5.74, 6) is 0. The topological polar surface area (TPSA) is 160 Å². The molecule has 8 rings (SSSR count). The monoisotopic (exact) mass is 752 g/mol. The molecule has 0 fully saturated rings. The minimum atomic E-state index is -4.32. The lowest BCUT2D eigenvalue weighted by molar-refractivity contribution is 0.481. The van der Waals surface area contributed by atoms with Crippen LogP contribution in [0.2, 0.25) is 0 Å². The summed E-state index contributed by atoms with van der Waals surface area (Å²) < 4.78 is 69.9. The van der Waals surface area contributed by atoms with Crippen LogP contribution in [0.3, 0.4) is 0 Å². The van der Waals surface area contributed by atoms with Crippen LogP contribution in [0.4, 0.5) is 0 Å². The summed E-state index contributed by atoms with van der Waals surface area (Å²) in [7, 11) is -8.64. The van der Waals surface area contributed by atoms with Crippen molar-refractivity contribution in [3.63, 3.8) is 0 Å². The normalized spacial score (nSPS) is 12.3. The van der Waals surface area contributed by atoms with Crippen LogP contribution in [0, 0.1) is 27.7 Å². The van der Waals surface area contributed by atoms with Gasteiger partial charge in [-0.3, -0.25) is 9.11 Å². The van der Waals surface area contributed by atoms with Gasteiger partial charge < -0.3 is 0 Å². The quantitative estimate of drug-likeness (QED) is 0.166. The van der Waals surface area contributed by atoms with Crippen LogP contribution < -0.4 is 0 Å². The zero-order valence-electron chi connectivity index (χ0n) is 25.5. The number of benzene rings is 4. The average molecular weight is 753 g/mol. The third-order valence-corrected chi connectivity index (χ3v) is 13.1. The first-order valence-electron chi connectivity index (χ1n) is 14.1. The zero-order valence-corrected chi connectivity index (χ0v) is 30.4. The Balaban J connectivity index is 0.000000152. The van der Waals surface area contributed by atoms with E-state index in [1.165, 1.54) is 34.8 Å². The van der Waals surface area contributed by atoms with Gasteiger partial charge in [-0.2, -0.15) is 16.8 Å². The molecule has 10 nitrogen and oxygen atoms in total. The Morgan fingerprint density at radius 2 is 0.854 bits per heavy atom. The molecular formula is C32H24N4O6S6. The van der Waals surface area contributed by atoms with Crippen LogP contribution in [-0.2, 0) is 20.2 Å². The number of hydrogen-bond donors (Lipinski definition) is 2. The van der Waals surface area contributed by atoms with Gasteiger partial charge in [0.05, 0.1) is 50.9 Å². The van der Waals surface area contributed by atoms with E-state index >= 15 is 0 Å². The molecule has 0 radical (unpaired) electrons. The number of aromatic nitrogens is 4. The largest absolute Gasteiger partial charge is 0.295 e. The van der Waals surface area contributed by atoms with Gasteiger partial charge in [-0.25, -0.2) is 19.9 Å². The molecule has 4 heterocycles. The fraction of sp³-hybridized carbons (Fsp3) is 0.125. The van der Waals surface area contributed by atoms with E-state index in [0.717, 1.165) is 62.0 Å². The molecular weight excluding hydrogens is 729 g/mol. The molecule has 4 aromatic carbocycles. The predicted molar refractivity (Wildman–Crippen MR) is 195 cm³/mol. The number of nitrogens with zero attached hydrogens (tertiary/aromatic N) is 4. The highest BCUT2D eigenvalue weighted by Crippen LogP contribution is 2.38. The molecule has 0 spiro atoms. The number of thiazole rings is 4. The van der Waals surface area contributed by atoms with E-state index in [9.17, 15) is 25.9 Å². The molecule has 16 heteroatoms. The van der Waals surface area contributed by atoms with E-state index in [4.69, 9.17) is 0 Å². The van der Waals surface area contributed by atoms with E-state index in [1.807, 2.05) is 38.1 Å². The minimum absolute atomic E-state index is 0.114. The molecule has 0 saturated heterocycles. The second kappa shape index (κ2) is 12.0. The van der Waals surface area contributed by atoms with Crippen molar-refractivity contribution < 1.29 is 25.9 Å². The maximum atomic E-state index is 11.7. The summed E-state index contributed by atoms with van der Waals surface area (Å²) in [5.41, 5.74) is 5.72. The summed E-state index contributed by atoms with van der Waals surface area (Å²) in [5, 5.41) is 3.11. The maximum Gasteiger partial charge on any atom is 0.295 e. The molecule has 8 aromatic rings. The van der Waals surface area contributed by atoms with E-state index in [-0.39, 0.29) is 9.79 Å². The average Bonchev–Trinajstić information content (AvgIpc) is 3.77. The van der Waals surface area contributed by atoms with Gasteiger partial charge in [0.25, 0.3) is 20.2 Å². The van der Waals surface area contributed by atoms with Crippen molar-refractivity contribution in [3.8, 4) is 21.1 Å². The van der Waals surface area contributed by atoms with Crippen molar-refractivity contribution in [2.24, 2.45) is 0 Å². The molecule has 244 valence electrons. The smallest absolute Gasteiger partial charge is 0.282 e. The Labute approximate surface area is 290 Å². The highest BCUT2D eigenvalue weighted by molar-refractivity contribution is 7.86. The predicted octanol–water partition coefficient (Wildman–Crippen LogP) is 8.87. The van der Waals surface area contributed by atoms with Crippen LogP contribution in [0.25, 0.3) is 62.0 Å². The molecule has 0 amide bonds. The Kier molecular flexibility index (Phi) is 8.19. The lowest BCUT2D eigenvalue weighted by Gasteiger charge is -2.05. The molecule has 4 aromatic heterocycles. The van der Waals surface area contributed by atoms with Crippen molar-refractivity contribution in [1.29, 1.82) is 0 Å². The second-order valence-corrected chi connectivity index (χ2v) is 18.3. The minimum Gasteiger partial charge on any atom is -0.282 e. The molecule has 48 heavy (non-hydrogen) atoms. The third-order valence-electron chi connectivity index (χ3n) is 7.30. The fourth-order valence-corrected chi connectivity index (χ4v) is 10.7. The molecule has 0 saturated carbocycles. The Morgan fingerprint density at radius 3 is 1.33 bits per heavy atom. The highest BCUT2D eigenvalue weighted by Gasteiger charge is 2.21. The zero-order chi connectivity index (χ0) is 34.1. The summed E-state index contributed by atoms with van der Waals surface area (Å²) >= 11 is 6.00. The Hall–Kier alpha value is -3.74. The van der Waals surface area contributed by atoms with Crippen molar-refractivity contribution >= 4 is 106 Å². The molecule has 0 atom stereocenters. The fourth-order valence-electron chi connectivity index (χ4n) is 5.20. The van der Waals surface area contributed by atoms with Gasteiger partial charge in [0.2, 0.25) is 0 Å². The summed E-state index contributed by atoms with van der Waals surface area (Å²) in [6, 6.07) is 17.8. The molecule has 0 unspecified atom stereocenters. The first kappa shape index (κ1) is 32.8. The van der Waals surface area contributed by atoms with Gasteiger partial charge in [-0.05, 0) is 75.2 Å². The summed E-state index contributed by atoms with van der Waals surface area (Å²) in [6.45, 7) is 7.47.